The van der Waals surface area contributed by atoms with Gasteiger partial charge in [-0.05, 0) is 53.4 Å². The number of hydrogen-bond acceptors (Lipinski definition) is 9. The van der Waals surface area contributed by atoms with E-state index in [0.717, 1.165) is 33.2 Å². The highest BCUT2D eigenvalue weighted by Crippen LogP contribution is 2.35. The maximum atomic E-state index is 12.3. The maximum absolute atomic E-state index is 12.3. The van der Waals surface area contributed by atoms with Crippen molar-refractivity contribution in [2.45, 2.75) is 19.4 Å². The van der Waals surface area contributed by atoms with Crippen LogP contribution in [0.1, 0.15) is 29.8 Å². The second kappa shape index (κ2) is 11.3. The van der Waals surface area contributed by atoms with Crippen LogP contribution in [0.5, 0.6) is 0 Å². The van der Waals surface area contributed by atoms with Crippen LogP contribution in [0, 0.1) is 0 Å². The number of thiophene rings is 1. The molecule has 6 rings (SSSR count). The van der Waals surface area contributed by atoms with Crippen molar-refractivity contribution in [1.82, 2.24) is 20.0 Å². The van der Waals surface area contributed by atoms with Gasteiger partial charge in [-0.2, -0.15) is 20.1 Å². The average molecular weight is 547 g/mol. The van der Waals surface area contributed by atoms with Crippen LogP contribution in [-0.4, -0.2) is 31.6 Å². The monoisotopic (exact) mass is 546 g/mol. The molecular weight excluding hydrogens is 520 g/mol. The quantitative estimate of drug-likeness (QED) is 0.195. The molecule has 198 valence electrons. The Morgan fingerprint density at radius 1 is 0.725 bits per heavy atom. The second-order valence-electron chi connectivity index (χ2n) is 9.14. The Labute approximate surface area is 235 Å². The van der Waals surface area contributed by atoms with E-state index in [9.17, 15) is 4.79 Å². The molecule has 1 atom stereocenters. The number of hydrazone groups is 1. The molecule has 3 N–H and O–H groups in total. The number of amides is 1. The van der Waals surface area contributed by atoms with Gasteiger partial charge in [0.05, 0.1) is 11.8 Å². The van der Waals surface area contributed by atoms with Crippen molar-refractivity contribution in [2.75, 3.05) is 16.0 Å². The number of rotatable bonds is 8. The summed E-state index contributed by atoms with van der Waals surface area (Å²) in [6.07, 6.45) is 0.670. The van der Waals surface area contributed by atoms with E-state index in [1.165, 1.54) is 0 Å². The normalized spacial score (nSPS) is 14.5. The first kappa shape index (κ1) is 25.2. The van der Waals surface area contributed by atoms with Crippen LogP contribution in [0.2, 0.25) is 0 Å². The smallest absolute Gasteiger partial charge is 0.240 e. The van der Waals surface area contributed by atoms with Crippen LogP contribution in [0.15, 0.2) is 108 Å². The van der Waals surface area contributed by atoms with E-state index >= 15 is 0 Å². The minimum absolute atomic E-state index is 0.0680. The average Bonchev–Trinajstić information content (AvgIpc) is 3.65. The molecule has 0 aliphatic carbocycles. The van der Waals surface area contributed by atoms with Gasteiger partial charge in [0.2, 0.25) is 23.8 Å². The first-order valence-corrected chi connectivity index (χ1v) is 13.7. The minimum atomic E-state index is -0.0682. The van der Waals surface area contributed by atoms with E-state index in [1.54, 1.807) is 23.3 Å². The van der Waals surface area contributed by atoms with Crippen molar-refractivity contribution in [3.8, 4) is 0 Å². The van der Waals surface area contributed by atoms with Gasteiger partial charge in [0, 0.05) is 35.3 Å². The molecular formula is C30H26N8OS. The van der Waals surface area contributed by atoms with Crippen LogP contribution in [-0.2, 0) is 4.79 Å². The summed E-state index contributed by atoms with van der Waals surface area (Å²) in [5, 5.41) is 18.0. The lowest BCUT2D eigenvalue weighted by molar-refractivity contribution is -0.130. The van der Waals surface area contributed by atoms with E-state index in [1.807, 2.05) is 102 Å². The molecule has 5 aromatic rings. The Bertz CT molecular complexity index is 1560. The summed E-state index contributed by atoms with van der Waals surface area (Å²) in [5.41, 5.74) is 4.39. The predicted octanol–water partition coefficient (Wildman–Crippen LogP) is 6.86. The highest BCUT2D eigenvalue weighted by atomic mass is 32.1. The third-order valence-electron chi connectivity index (χ3n) is 6.27. The topological polar surface area (TPSA) is 107 Å². The van der Waals surface area contributed by atoms with Gasteiger partial charge >= 0.3 is 0 Å². The summed E-state index contributed by atoms with van der Waals surface area (Å²) < 4.78 is 0. The van der Waals surface area contributed by atoms with Crippen LogP contribution in [0.25, 0.3) is 0 Å². The second-order valence-corrected chi connectivity index (χ2v) is 10.1. The molecule has 0 spiro atoms. The fourth-order valence-corrected chi connectivity index (χ4v) is 5.21. The first-order valence-electron chi connectivity index (χ1n) is 12.8. The number of aromatic nitrogens is 3. The fraction of sp³-hybridized carbons (Fsp3) is 0.100. The summed E-state index contributed by atoms with van der Waals surface area (Å²) in [6.45, 7) is 1.55. The first-order chi connectivity index (χ1) is 19.6. The van der Waals surface area contributed by atoms with Gasteiger partial charge < -0.3 is 16.0 Å². The van der Waals surface area contributed by atoms with E-state index in [2.05, 4.69) is 36.0 Å². The highest BCUT2D eigenvalue weighted by Gasteiger charge is 2.31. The van der Waals surface area contributed by atoms with E-state index in [4.69, 9.17) is 0 Å². The van der Waals surface area contributed by atoms with Crippen molar-refractivity contribution in [3.63, 3.8) is 0 Å². The third-order valence-corrected chi connectivity index (χ3v) is 7.25. The molecule has 2 aromatic heterocycles. The number of hydrogen-bond donors (Lipinski definition) is 3. The molecule has 1 amide bonds. The Kier molecular flexibility index (Phi) is 7.14. The van der Waals surface area contributed by atoms with E-state index in [-0.39, 0.29) is 11.9 Å². The molecule has 9 nitrogen and oxygen atoms in total. The van der Waals surface area contributed by atoms with Gasteiger partial charge in [0.15, 0.2) is 0 Å². The minimum Gasteiger partial charge on any atom is -0.324 e. The molecule has 1 unspecified atom stereocenters. The molecule has 10 heteroatoms. The van der Waals surface area contributed by atoms with Gasteiger partial charge in [-0.3, -0.25) is 4.79 Å². The SMILES string of the molecule is CC(=O)N1N=C(c2ccc(Nc3nc(Nc4ccccc4)nc(Nc4ccccc4)n3)cc2)CC1c1cccs1. The fourth-order valence-electron chi connectivity index (χ4n) is 4.40. The van der Waals surface area contributed by atoms with Crippen LogP contribution in [0.4, 0.5) is 34.9 Å². The standard InChI is InChI=1S/C30H26N8OS/c1-20(39)38-26(27-13-8-18-40-27)19-25(37-38)21-14-16-24(17-15-21)33-30-35-28(31-22-9-4-2-5-10-22)34-29(36-30)32-23-11-6-3-7-12-23/h2-18,26H,19H2,1H3,(H3,31,32,33,34,35,36). The number of nitrogens with zero attached hydrogens (tertiary/aromatic N) is 5. The van der Waals surface area contributed by atoms with Crippen molar-refractivity contribution < 1.29 is 4.79 Å². The van der Waals surface area contributed by atoms with Crippen molar-refractivity contribution in [3.05, 3.63) is 113 Å². The zero-order valence-electron chi connectivity index (χ0n) is 21.7. The number of carbonyl (C=O) groups excluding carboxylic acids is 1. The summed E-state index contributed by atoms with van der Waals surface area (Å²) in [4.78, 5) is 27.1. The number of benzene rings is 3. The molecule has 3 heterocycles. The summed E-state index contributed by atoms with van der Waals surface area (Å²) >= 11 is 1.64. The highest BCUT2D eigenvalue weighted by molar-refractivity contribution is 7.10. The maximum Gasteiger partial charge on any atom is 0.240 e. The van der Waals surface area contributed by atoms with E-state index in [0.29, 0.717) is 24.3 Å². The van der Waals surface area contributed by atoms with Gasteiger partial charge in [-0.1, -0.05) is 54.6 Å². The Balaban J connectivity index is 1.23. The number of anilines is 6. The van der Waals surface area contributed by atoms with Gasteiger partial charge in [0.1, 0.15) is 0 Å². The van der Waals surface area contributed by atoms with Gasteiger partial charge in [-0.25, -0.2) is 5.01 Å². The molecule has 0 bridgehead atoms. The Morgan fingerprint density at radius 2 is 1.25 bits per heavy atom. The molecule has 1 aliphatic rings. The zero-order chi connectivity index (χ0) is 27.3. The molecule has 40 heavy (non-hydrogen) atoms. The summed E-state index contributed by atoms with van der Waals surface area (Å²) in [6, 6.07) is 31.3. The molecule has 0 radical (unpaired) electrons. The third kappa shape index (κ3) is 5.82. The van der Waals surface area contributed by atoms with Crippen molar-refractivity contribution in [2.24, 2.45) is 5.10 Å². The van der Waals surface area contributed by atoms with Gasteiger partial charge in [0.25, 0.3) is 0 Å². The van der Waals surface area contributed by atoms with Crippen LogP contribution >= 0.6 is 11.3 Å². The van der Waals surface area contributed by atoms with E-state index < -0.39 is 0 Å². The molecule has 3 aromatic carbocycles. The predicted molar refractivity (Wildman–Crippen MR) is 160 cm³/mol. The van der Waals surface area contributed by atoms with Crippen LogP contribution in [0.3, 0.4) is 0 Å². The van der Waals surface area contributed by atoms with Crippen molar-refractivity contribution in [1.29, 1.82) is 0 Å². The van der Waals surface area contributed by atoms with Crippen LogP contribution < -0.4 is 16.0 Å². The largest absolute Gasteiger partial charge is 0.324 e. The molecule has 0 saturated heterocycles. The van der Waals surface area contributed by atoms with Crippen molar-refractivity contribution >= 4 is 57.9 Å². The molecule has 0 saturated carbocycles. The Morgan fingerprint density at radius 3 is 1.73 bits per heavy atom. The lowest BCUT2D eigenvalue weighted by Crippen LogP contribution is -2.23. The summed E-state index contributed by atoms with van der Waals surface area (Å²) in [5.74, 6) is 1.13. The zero-order valence-corrected chi connectivity index (χ0v) is 22.5. The number of nitrogens with one attached hydrogen (secondary N) is 3. The summed E-state index contributed by atoms with van der Waals surface area (Å²) in [7, 11) is 0. The Hall–Kier alpha value is -5.09. The number of carbonyl (C=O) groups is 1. The number of para-hydroxylation sites is 2. The molecule has 0 fully saturated rings. The van der Waals surface area contributed by atoms with Gasteiger partial charge in [-0.15, -0.1) is 11.3 Å². The molecule has 1 aliphatic heterocycles. The lowest BCUT2D eigenvalue weighted by Gasteiger charge is -2.18. The lowest BCUT2D eigenvalue weighted by atomic mass is 10.0.